The number of Topliss-reactive ketones (excluding diaryl/α,β-unsaturated/α-hetero) is 1. The number of nitrogen functional groups attached to an aromatic ring is 1. The van der Waals surface area contributed by atoms with Crippen LogP contribution in [0.2, 0.25) is 0 Å². The number of unbranched alkanes of at least 4 members (excludes halogenated alkanes) is 1. The second kappa shape index (κ2) is 11.5. The lowest BCUT2D eigenvalue weighted by Gasteiger charge is -2.35. The topological polar surface area (TPSA) is 111 Å². The third-order valence-corrected chi connectivity index (χ3v) is 6.42. The molecule has 1 atom stereocenters. The van der Waals surface area contributed by atoms with Crippen molar-refractivity contribution in [3.63, 3.8) is 0 Å². The van der Waals surface area contributed by atoms with E-state index in [2.05, 4.69) is 33.9 Å². The van der Waals surface area contributed by atoms with Gasteiger partial charge in [0.15, 0.2) is 11.8 Å². The Kier molecular flexibility index (Phi) is 8.17. The second-order valence-electron chi connectivity index (χ2n) is 9.12. The predicted molar refractivity (Wildman–Crippen MR) is 133 cm³/mol. The zero-order valence-electron chi connectivity index (χ0n) is 20.7. The van der Waals surface area contributed by atoms with E-state index >= 15 is 0 Å². The van der Waals surface area contributed by atoms with Gasteiger partial charge < -0.3 is 20.1 Å². The van der Waals surface area contributed by atoms with E-state index in [1.807, 2.05) is 12.1 Å². The number of carbonyl (C=O) groups excluding carboxylic acids is 2. The molecule has 4 rings (SSSR count). The largest absolute Gasteiger partial charge is 0.464 e. The van der Waals surface area contributed by atoms with Crippen LogP contribution in [0.25, 0.3) is 0 Å². The SMILES string of the molecule is CCCCOc1nc(N)c2c(n1)N(Cc1cccc(CN3CCCC3)c1)C(C(=O)OCC)C(=O)C2. The number of aromatic nitrogens is 2. The van der Waals surface area contributed by atoms with Gasteiger partial charge in [-0.25, -0.2) is 4.79 Å². The van der Waals surface area contributed by atoms with Crippen LogP contribution in [-0.4, -0.2) is 59.0 Å². The maximum Gasteiger partial charge on any atom is 0.336 e. The first kappa shape index (κ1) is 24.9. The predicted octanol–water partition coefficient (Wildman–Crippen LogP) is 2.90. The molecule has 9 nitrogen and oxygen atoms in total. The Morgan fingerprint density at radius 2 is 1.89 bits per heavy atom. The summed E-state index contributed by atoms with van der Waals surface area (Å²) in [5, 5.41) is 0. The minimum atomic E-state index is -1.09. The van der Waals surface area contributed by atoms with Gasteiger partial charge in [-0.3, -0.25) is 9.69 Å². The van der Waals surface area contributed by atoms with Crippen molar-refractivity contribution in [2.24, 2.45) is 0 Å². The van der Waals surface area contributed by atoms with Gasteiger partial charge in [0.25, 0.3) is 0 Å². The summed E-state index contributed by atoms with van der Waals surface area (Å²) in [5.41, 5.74) is 8.92. The van der Waals surface area contributed by atoms with Crippen LogP contribution >= 0.6 is 0 Å². The summed E-state index contributed by atoms with van der Waals surface area (Å²) >= 11 is 0. The molecule has 0 bridgehead atoms. The summed E-state index contributed by atoms with van der Waals surface area (Å²) in [6.45, 7) is 7.86. The number of ketones is 1. The molecular weight excluding hydrogens is 446 g/mol. The van der Waals surface area contributed by atoms with Crippen LogP contribution in [0.4, 0.5) is 11.6 Å². The summed E-state index contributed by atoms with van der Waals surface area (Å²) in [6, 6.07) is 7.31. The molecule has 0 spiro atoms. The Morgan fingerprint density at radius 3 is 2.60 bits per heavy atom. The fourth-order valence-electron chi connectivity index (χ4n) is 4.68. The number of carbonyl (C=O) groups is 2. The van der Waals surface area contributed by atoms with Crippen LogP contribution in [-0.2, 0) is 33.8 Å². The zero-order chi connectivity index (χ0) is 24.8. The molecule has 2 aliphatic rings. The minimum absolute atomic E-state index is 0.0224. The number of fused-ring (bicyclic) bond motifs is 1. The molecule has 1 aromatic carbocycles. The van der Waals surface area contributed by atoms with Crippen LogP contribution in [0.5, 0.6) is 6.01 Å². The molecule has 0 saturated carbocycles. The van der Waals surface area contributed by atoms with Crippen molar-refractivity contribution in [3.8, 4) is 6.01 Å². The van der Waals surface area contributed by atoms with E-state index in [4.69, 9.17) is 15.2 Å². The summed E-state index contributed by atoms with van der Waals surface area (Å²) in [4.78, 5) is 39.0. The highest BCUT2D eigenvalue weighted by atomic mass is 16.5. The molecule has 35 heavy (non-hydrogen) atoms. The quantitative estimate of drug-likeness (QED) is 0.311. The van der Waals surface area contributed by atoms with Gasteiger partial charge in [0, 0.05) is 25.1 Å². The smallest absolute Gasteiger partial charge is 0.336 e. The number of anilines is 2. The molecular formula is C26H35N5O4. The Labute approximate surface area is 206 Å². The third kappa shape index (κ3) is 5.90. The van der Waals surface area contributed by atoms with E-state index in [0.717, 1.165) is 38.0 Å². The molecule has 2 aromatic rings. The van der Waals surface area contributed by atoms with Crippen LogP contribution in [0, 0.1) is 0 Å². The fourth-order valence-corrected chi connectivity index (χ4v) is 4.68. The van der Waals surface area contributed by atoms with Crippen molar-refractivity contribution in [3.05, 3.63) is 41.0 Å². The van der Waals surface area contributed by atoms with Gasteiger partial charge in [-0.2, -0.15) is 9.97 Å². The fraction of sp³-hybridized carbons (Fsp3) is 0.538. The summed E-state index contributed by atoms with van der Waals surface area (Å²) < 4.78 is 11.0. The van der Waals surface area contributed by atoms with Crippen molar-refractivity contribution >= 4 is 23.4 Å². The molecule has 2 aliphatic heterocycles. The summed E-state index contributed by atoms with van der Waals surface area (Å²) in [7, 11) is 0. The minimum Gasteiger partial charge on any atom is -0.464 e. The lowest BCUT2D eigenvalue weighted by molar-refractivity contribution is -0.147. The van der Waals surface area contributed by atoms with Gasteiger partial charge in [-0.15, -0.1) is 0 Å². The molecule has 1 saturated heterocycles. The highest BCUT2D eigenvalue weighted by molar-refractivity contribution is 6.09. The second-order valence-corrected chi connectivity index (χ2v) is 9.12. The van der Waals surface area contributed by atoms with Crippen molar-refractivity contribution in [1.82, 2.24) is 14.9 Å². The average molecular weight is 482 g/mol. The number of rotatable bonds is 10. The Balaban J connectivity index is 1.67. The molecule has 0 aliphatic carbocycles. The molecule has 1 unspecified atom stereocenters. The van der Waals surface area contributed by atoms with E-state index in [1.54, 1.807) is 11.8 Å². The van der Waals surface area contributed by atoms with Gasteiger partial charge in [0.1, 0.15) is 11.6 Å². The van der Waals surface area contributed by atoms with Crippen molar-refractivity contribution in [2.75, 3.05) is 36.9 Å². The van der Waals surface area contributed by atoms with E-state index in [-0.39, 0.29) is 30.6 Å². The first-order valence-corrected chi connectivity index (χ1v) is 12.6. The Hall–Kier alpha value is -3.20. The molecule has 1 fully saturated rings. The van der Waals surface area contributed by atoms with Gasteiger partial charge in [0.05, 0.1) is 13.2 Å². The molecule has 3 heterocycles. The Bertz CT molecular complexity index is 1050. The van der Waals surface area contributed by atoms with Crippen molar-refractivity contribution in [2.45, 2.75) is 65.1 Å². The number of nitrogens with two attached hydrogens (primary N) is 1. The van der Waals surface area contributed by atoms with Crippen molar-refractivity contribution < 1.29 is 19.1 Å². The van der Waals surface area contributed by atoms with E-state index < -0.39 is 12.0 Å². The van der Waals surface area contributed by atoms with E-state index in [0.29, 0.717) is 24.5 Å². The van der Waals surface area contributed by atoms with Crippen molar-refractivity contribution in [1.29, 1.82) is 0 Å². The standard InChI is InChI=1S/C26H35N5O4/c1-3-5-13-35-26-28-23(27)20-15-21(32)22(25(33)34-4-2)31(24(20)29-26)17-19-10-8-9-18(14-19)16-30-11-6-7-12-30/h8-10,14,22H,3-7,11-13,15-17H2,1-2H3,(H2,27,28,29). The molecule has 2 N–H and O–H groups in total. The molecule has 188 valence electrons. The van der Waals surface area contributed by atoms with Crippen LogP contribution in [0.3, 0.4) is 0 Å². The maximum absolute atomic E-state index is 13.1. The normalized spacial score (nSPS) is 17.9. The maximum atomic E-state index is 13.1. The van der Waals surface area contributed by atoms with E-state index in [1.165, 1.54) is 18.4 Å². The number of ether oxygens (including phenoxy) is 2. The van der Waals surface area contributed by atoms with Gasteiger partial charge >= 0.3 is 12.0 Å². The first-order chi connectivity index (χ1) is 17.0. The average Bonchev–Trinajstić information content (AvgIpc) is 3.33. The number of nitrogens with zero attached hydrogens (tertiary/aromatic N) is 4. The number of likely N-dealkylation sites (tertiary alicyclic amines) is 1. The van der Waals surface area contributed by atoms with Crippen LogP contribution in [0.15, 0.2) is 24.3 Å². The lowest BCUT2D eigenvalue weighted by atomic mass is 9.96. The highest BCUT2D eigenvalue weighted by Gasteiger charge is 2.41. The van der Waals surface area contributed by atoms with Gasteiger partial charge in [-0.1, -0.05) is 37.6 Å². The third-order valence-electron chi connectivity index (χ3n) is 6.42. The molecule has 9 heteroatoms. The monoisotopic (exact) mass is 481 g/mol. The molecule has 0 amide bonds. The number of hydrogen-bond acceptors (Lipinski definition) is 9. The van der Waals surface area contributed by atoms with Crippen LogP contribution in [0.1, 0.15) is 56.2 Å². The molecule has 1 aromatic heterocycles. The van der Waals surface area contributed by atoms with Gasteiger partial charge in [-0.05, 0) is 50.4 Å². The van der Waals surface area contributed by atoms with Crippen LogP contribution < -0.4 is 15.4 Å². The number of benzene rings is 1. The van der Waals surface area contributed by atoms with Gasteiger partial charge in [0.2, 0.25) is 0 Å². The lowest BCUT2D eigenvalue weighted by Crippen LogP contribution is -2.51. The number of hydrogen-bond donors (Lipinski definition) is 1. The zero-order valence-corrected chi connectivity index (χ0v) is 20.7. The highest BCUT2D eigenvalue weighted by Crippen LogP contribution is 2.34. The number of esters is 1. The summed E-state index contributed by atoms with van der Waals surface area (Å²) in [6.07, 6.45) is 4.28. The summed E-state index contributed by atoms with van der Waals surface area (Å²) in [5.74, 6) is -0.210. The van der Waals surface area contributed by atoms with E-state index in [9.17, 15) is 9.59 Å². The Morgan fingerprint density at radius 1 is 1.14 bits per heavy atom. The first-order valence-electron chi connectivity index (χ1n) is 12.6. The molecule has 0 radical (unpaired) electrons.